The number of anilines is 1. The molecule has 3 nitrogen and oxygen atoms in total. The van der Waals surface area contributed by atoms with E-state index in [1.165, 1.54) is 18.2 Å². The summed E-state index contributed by atoms with van der Waals surface area (Å²) in [6.07, 6.45) is 4.25. The molecule has 0 bridgehead atoms. The number of nitrogen functional groups attached to an aromatic ring is 1. The van der Waals surface area contributed by atoms with E-state index in [0.717, 1.165) is 25.7 Å². The maximum absolute atomic E-state index is 13.1. The van der Waals surface area contributed by atoms with Crippen molar-refractivity contribution < 1.29 is 13.9 Å². The van der Waals surface area contributed by atoms with Crippen molar-refractivity contribution in [3.8, 4) is 5.75 Å². The van der Waals surface area contributed by atoms with E-state index in [-0.39, 0.29) is 18.0 Å². The van der Waals surface area contributed by atoms with Crippen molar-refractivity contribution in [2.45, 2.75) is 37.9 Å². The minimum atomic E-state index is -0.326. The van der Waals surface area contributed by atoms with Gasteiger partial charge in [-0.2, -0.15) is 0 Å². The van der Waals surface area contributed by atoms with Gasteiger partial charge >= 0.3 is 0 Å². The van der Waals surface area contributed by atoms with Crippen molar-refractivity contribution in [3.63, 3.8) is 0 Å². The van der Waals surface area contributed by atoms with Crippen LogP contribution < -0.4 is 10.5 Å². The minimum Gasteiger partial charge on any atom is -0.488 e. The summed E-state index contributed by atoms with van der Waals surface area (Å²) in [5.74, 6) is 0.111. The van der Waals surface area contributed by atoms with Gasteiger partial charge < -0.3 is 15.2 Å². The molecule has 0 unspecified atom stereocenters. The fraction of sp³-hybridized carbons (Fsp3) is 0.538. The second-order valence-corrected chi connectivity index (χ2v) is 4.45. The quantitative estimate of drug-likeness (QED) is 0.825. The number of ether oxygens (including phenoxy) is 2. The SMILES string of the molecule is CO[C@H]1CCC[C@@H](Oc2cc(F)ccc2N)C1. The van der Waals surface area contributed by atoms with Gasteiger partial charge in [-0.3, -0.25) is 0 Å². The van der Waals surface area contributed by atoms with Crippen LogP contribution >= 0.6 is 0 Å². The van der Waals surface area contributed by atoms with Crippen LogP contribution in [0, 0.1) is 5.82 Å². The highest BCUT2D eigenvalue weighted by Crippen LogP contribution is 2.29. The van der Waals surface area contributed by atoms with Gasteiger partial charge in [-0.25, -0.2) is 4.39 Å². The Labute approximate surface area is 101 Å². The van der Waals surface area contributed by atoms with Crippen LogP contribution in [0.3, 0.4) is 0 Å². The summed E-state index contributed by atoms with van der Waals surface area (Å²) < 4.78 is 24.2. The molecule has 2 rings (SSSR count). The number of halogens is 1. The second kappa shape index (κ2) is 5.36. The Kier molecular flexibility index (Phi) is 3.84. The molecule has 2 N–H and O–H groups in total. The average Bonchev–Trinajstić information content (AvgIpc) is 2.34. The third kappa shape index (κ3) is 3.09. The molecule has 1 aliphatic carbocycles. The third-order valence-electron chi connectivity index (χ3n) is 3.18. The molecule has 1 aromatic rings. The summed E-state index contributed by atoms with van der Waals surface area (Å²) >= 11 is 0. The monoisotopic (exact) mass is 239 g/mol. The first-order valence-electron chi connectivity index (χ1n) is 5.93. The van der Waals surface area contributed by atoms with E-state index < -0.39 is 0 Å². The third-order valence-corrected chi connectivity index (χ3v) is 3.18. The van der Waals surface area contributed by atoms with Crippen molar-refractivity contribution in [2.75, 3.05) is 12.8 Å². The zero-order valence-corrected chi connectivity index (χ0v) is 9.99. The lowest BCUT2D eigenvalue weighted by Crippen LogP contribution is -2.29. The Morgan fingerprint density at radius 2 is 2.06 bits per heavy atom. The highest BCUT2D eigenvalue weighted by molar-refractivity contribution is 5.52. The van der Waals surface area contributed by atoms with Crippen LogP contribution in [0.4, 0.5) is 10.1 Å². The Bertz CT molecular complexity index is 384. The van der Waals surface area contributed by atoms with Crippen LogP contribution in [0.5, 0.6) is 5.75 Å². The molecule has 0 heterocycles. The zero-order valence-electron chi connectivity index (χ0n) is 9.99. The molecule has 0 spiro atoms. The van der Waals surface area contributed by atoms with Crippen molar-refractivity contribution in [1.82, 2.24) is 0 Å². The summed E-state index contributed by atoms with van der Waals surface area (Å²) in [4.78, 5) is 0. The predicted octanol–water partition coefficient (Wildman–Crippen LogP) is 2.74. The number of methoxy groups -OCH3 is 1. The number of hydrogen-bond donors (Lipinski definition) is 1. The van der Waals surface area contributed by atoms with Gasteiger partial charge in [0.25, 0.3) is 0 Å². The van der Waals surface area contributed by atoms with Crippen LogP contribution in [0.15, 0.2) is 18.2 Å². The Balaban J connectivity index is 2.02. The fourth-order valence-electron chi connectivity index (χ4n) is 2.21. The standard InChI is InChI=1S/C13H18FNO2/c1-16-10-3-2-4-11(8-10)17-13-7-9(14)5-6-12(13)15/h5-7,10-11H,2-4,8,15H2,1H3/t10-,11+/m0/s1. The Morgan fingerprint density at radius 3 is 2.82 bits per heavy atom. The molecule has 0 saturated heterocycles. The van der Waals surface area contributed by atoms with Crippen LogP contribution in [-0.2, 0) is 4.74 Å². The van der Waals surface area contributed by atoms with Gasteiger partial charge in [-0.1, -0.05) is 0 Å². The molecule has 2 atom stereocenters. The van der Waals surface area contributed by atoms with E-state index in [1.54, 1.807) is 7.11 Å². The molecule has 1 aromatic carbocycles. The summed E-state index contributed by atoms with van der Waals surface area (Å²) in [7, 11) is 1.71. The van der Waals surface area contributed by atoms with Gasteiger partial charge in [0.05, 0.1) is 11.8 Å². The number of benzene rings is 1. The van der Waals surface area contributed by atoms with E-state index in [1.807, 2.05) is 0 Å². The first kappa shape index (κ1) is 12.2. The van der Waals surface area contributed by atoms with Crippen molar-refractivity contribution >= 4 is 5.69 Å². The second-order valence-electron chi connectivity index (χ2n) is 4.45. The number of hydrogen-bond acceptors (Lipinski definition) is 3. The first-order chi connectivity index (χ1) is 8.19. The van der Waals surface area contributed by atoms with Crippen LogP contribution in [0.1, 0.15) is 25.7 Å². The maximum Gasteiger partial charge on any atom is 0.145 e. The Morgan fingerprint density at radius 1 is 1.29 bits per heavy atom. The molecule has 17 heavy (non-hydrogen) atoms. The number of nitrogens with two attached hydrogens (primary N) is 1. The van der Waals surface area contributed by atoms with E-state index in [0.29, 0.717) is 11.4 Å². The highest BCUT2D eigenvalue weighted by atomic mass is 19.1. The molecular weight excluding hydrogens is 221 g/mol. The lowest BCUT2D eigenvalue weighted by Gasteiger charge is -2.29. The Hall–Kier alpha value is -1.29. The fourth-order valence-corrected chi connectivity index (χ4v) is 2.21. The molecule has 0 aliphatic heterocycles. The first-order valence-corrected chi connectivity index (χ1v) is 5.93. The van der Waals surface area contributed by atoms with Gasteiger partial charge in [0, 0.05) is 19.6 Å². The molecule has 1 aliphatic rings. The van der Waals surface area contributed by atoms with Crippen molar-refractivity contribution in [3.05, 3.63) is 24.0 Å². The largest absolute Gasteiger partial charge is 0.488 e. The molecule has 1 saturated carbocycles. The van der Waals surface area contributed by atoms with Crippen LogP contribution in [-0.4, -0.2) is 19.3 Å². The molecule has 0 radical (unpaired) electrons. The summed E-state index contributed by atoms with van der Waals surface area (Å²) in [6, 6.07) is 4.20. The van der Waals surface area contributed by atoms with E-state index in [9.17, 15) is 4.39 Å². The summed E-state index contributed by atoms with van der Waals surface area (Å²) in [5.41, 5.74) is 6.23. The van der Waals surface area contributed by atoms with E-state index >= 15 is 0 Å². The molecule has 0 aromatic heterocycles. The van der Waals surface area contributed by atoms with Crippen LogP contribution in [0.25, 0.3) is 0 Å². The molecule has 4 heteroatoms. The van der Waals surface area contributed by atoms with Gasteiger partial charge in [-0.05, 0) is 31.4 Å². The van der Waals surface area contributed by atoms with E-state index in [4.69, 9.17) is 15.2 Å². The smallest absolute Gasteiger partial charge is 0.145 e. The minimum absolute atomic E-state index is 0.0674. The molecular formula is C13H18FNO2. The molecule has 0 amide bonds. The summed E-state index contributed by atoms with van der Waals surface area (Å²) in [5, 5.41) is 0. The lowest BCUT2D eigenvalue weighted by molar-refractivity contribution is 0.0211. The molecule has 94 valence electrons. The predicted molar refractivity (Wildman–Crippen MR) is 64.5 cm³/mol. The van der Waals surface area contributed by atoms with Gasteiger partial charge in [0.2, 0.25) is 0 Å². The van der Waals surface area contributed by atoms with E-state index in [2.05, 4.69) is 0 Å². The zero-order chi connectivity index (χ0) is 12.3. The van der Waals surface area contributed by atoms with Gasteiger partial charge in [0.15, 0.2) is 0 Å². The average molecular weight is 239 g/mol. The lowest BCUT2D eigenvalue weighted by atomic mass is 9.95. The van der Waals surface area contributed by atoms with Crippen molar-refractivity contribution in [2.24, 2.45) is 0 Å². The molecule has 1 fully saturated rings. The maximum atomic E-state index is 13.1. The number of rotatable bonds is 3. The van der Waals surface area contributed by atoms with Crippen molar-refractivity contribution in [1.29, 1.82) is 0 Å². The highest BCUT2D eigenvalue weighted by Gasteiger charge is 2.23. The topological polar surface area (TPSA) is 44.5 Å². The van der Waals surface area contributed by atoms with Gasteiger partial charge in [-0.15, -0.1) is 0 Å². The van der Waals surface area contributed by atoms with Crippen LogP contribution in [0.2, 0.25) is 0 Å². The summed E-state index contributed by atoms with van der Waals surface area (Å²) in [6.45, 7) is 0. The van der Waals surface area contributed by atoms with Gasteiger partial charge in [0.1, 0.15) is 17.7 Å². The normalized spacial score (nSPS) is 24.6.